The fourth-order valence-electron chi connectivity index (χ4n) is 3.81. The van der Waals surface area contributed by atoms with Crippen LogP contribution in [0.15, 0.2) is 42.6 Å². The lowest BCUT2D eigenvalue weighted by Gasteiger charge is -2.08. The van der Waals surface area contributed by atoms with Crippen molar-refractivity contribution >= 4 is 5.78 Å². The summed E-state index contributed by atoms with van der Waals surface area (Å²) in [6.07, 6.45) is 16.3. The first-order valence-corrected chi connectivity index (χ1v) is 12.2. The number of ketones is 1. The first kappa shape index (κ1) is 24.3. The van der Waals surface area contributed by atoms with Gasteiger partial charge in [-0.15, -0.1) is 0 Å². The maximum atomic E-state index is 12.4. The van der Waals surface area contributed by atoms with Gasteiger partial charge in [-0.3, -0.25) is 9.78 Å². The predicted molar refractivity (Wildman–Crippen MR) is 129 cm³/mol. The summed E-state index contributed by atoms with van der Waals surface area (Å²) in [4.78, 5) is 17.1. The van der Waals surface area contributed by atoms with Crippen molar-refractivity contribution in [2.45, 2.75) is 97.8 Å². The second kappa shape index (κ2) is 14.1. The predicted octanol–water partition coefficient (Wildman–Crippen LogP) is 8.44. The Hall–Kier alpha value is -1.96. The molecule has 0 aliphatic heterocycles. The Bertz CT molecular complexity index is 717. The minimum atomic E-state index is 0.257. The lowest BCUT2D eigenvalue weighted by atomic mass is 9.98. The van der Waals surface area contributed by atoms with Gasteiger partial charge in [0.2, 0.25) is 0 Å². The number of carbonyl (C=O) groups excluding carboxylic acids is 1. The van der Waals surface area contributed by atoms with Gasteiger partial charge in [0.1, 0.15) is 0 Å². The van der Waals surface area contributed by atoms with Crippen molar-refractivity contribution in [2.24, 2.45) is 5.92 Å². The number of unbranched alkanes of at least 4 members (excludes halogenated alkanes) is 6. The first-order valence-electron chi connectivity index (χ1n) is 12.2. The van der Waals surface area contributed by atoms with E-state index in [1.54, 1.807) is 0 Å². The van der Waals surface area contributed by atoms with Gasteiger partial charge in [0.25, 0.3) is 0 Å². The third kappa shape index (κ3) is 8.81. The van der Waals surface area contributed by atoms with E-state index in [4.69, 9.17) is 0 Å². The quantitative estimate of drug-likeness (QED) is 0.219. The van der Waals surface area contributed by atoms with Crippen LogP contribution in [0.4, 0.5) is 0 Å². The van der Waals surface area contributed by atoms with Crippen LogP contribution in [0.2, 0.25) is 0 Å². The van der Waals surface area contributed by atoms with Crippen LogP contribution in [0, 0.1) is 5.92 Å². The standard InChI is InChI=1S/C28H41NO/c1-4-6-7-8-9-10-14-24-16-21-27(29-22-24)25-17-19-26(20-18-25)28(30)15-12-11-13-23(3)5-2/h16-23H,4-15H2,1-3H3. The van der Waals surface area contributed by atoms with Crippen molar-refractivity contribution in [3.05, 3.63) is 53.7 Å². The maximum Gasteiger partial charge on any atom is 0.162 e. The van der Waals surface area contributed by atoms with Crippen LogP contribution in [0.25, 0.3) is 11.3 Å². The van der Waals surface area contributed by atoms with Crippen LogP contribution >= 0.6 is 0 Å². The number of carbonyl (C=O) groups is 1. The van der Waals surface area contributed by atoms with Gasteiger partial charge >= 0.3 is 0 Å². The highest BCUT2D eigenvalue weighted by Gasteiger charge is 2.08. The van der Waals surface area contributed by atoms with E-state index in [2.05, 4.69) is 37.9 Å². The lowest BCUT2D eigenvalue weighted by molar-refractivity contribution is 0.0978. The molecule has 1 aromatic carbocycles. The number of nitrogens with zero attached hydrogens (tertiary/aromatic N) is 1. The van der Waals surface area contributed by atoms with Gasteiger partial charge in [-0.05, 0) is 36.8 Å². The fourth-order valence-corrected chi connectivity index (χ4v) is 3.81. The van der Waals surface area contributed by atoms with Gasteiger partial charge in [-0.1, -0.05) is 102 Å². The number of rotatable bonds is 15. The number of aryl methyl sites for hydroxylation is 1. The summed E-state index contributed by atoms with van der Waals surface area (Å²) in [6, 6.07) is 12.3. The summed E-state index contributed by atoms with van der Waals surface area (Å²) in [5.41, 5.74) is 4.20. The molecule has 0 saturated heterocycles. The molecule has 0 fully saturated rings. The molecule has 2 heteroatoms. The average Bonchev–Trinajstić information content (AvgIpc) is 2.79. The molecule has 0 amide bonds. The molecule has 2 aromatic rings. The average molecular weight is 408 g/mol. The molecule has 2 nitrogen and oxygen atoms in total. The van der Waals surface area contributed by atoms with Crippen molar-refractivity contribution in [3.8, 4) is 11.3 Å². The van der Waals surface area contributed by atoms with Crippen LogP contribution in [0.3, 0.4) is 0 Å². The summed E-state index contributed by atoms with van der Waals surface area (Å²) in [7, 11) is 0. The molecular weight excluding hydrogens is 366 g/mol. The zero-order valence-corrected chi connectivity index (χ0v) is 19.5. The molecule has 0 spiro atoms. The van der Waals surface area contributed by atoms with E-state index in [-0.39, 0.29) is 5.78 Å². The topological polar surface area (TPSA) is 30.0 Å². The molecule has 1 aromatic heterocycles. The molecular formula is C28H41NO. The van der Waals surface area contributed by atoms with Gasteiger partial charge < -0.3 is 0 Å². The molecule has 30 heavy (non-hydrogen) atoms. The number of aromatic nitrogens is 1. The van der Waals surface area contributed by atoms with Crippen LogP contribution in [0.5, 0.6) is 0 Å². The molecule has 0 saturated carbocycles. The van der Waals surface area contributed by atoms with Gasteiger partial charge in [0.05, 0.1) is 5.69 Å². The Morgan fingerprint density at radius 2 is 1.60 bits per heavy atom. The minimum Gasteiger partial charge on any atom is -0.294 e. The van der Waals surface area contributed by atoms with Crippen molar-refractivity contribution in [3.63, 3.8) is 0 Å². The SMILES string of the molecule is CCCCCCCCc1ccc(-c2ccc(C(=O)CCCCC(C)CC)cc2)nc1. The van der Waals surface area contributed by atoms with E-state index in [0.717, 1.165) is 42.0 Å². The van der Waals surface area contributed by atoms with Crippen LogP contribution < -0.4 is 0 Å². The Labute approximate surface area is 184 Å². The smallest absolute Gasteiger partial charge is 0.162 e. The number of benzene rings is 1. The van der Waals surface area contributed by atoms with E-state index >= 15 is 0 Å². The summed E-state index contributed by atoms with van der Waals surface area (Å²) < 4.78 is 0. The van der Waals surface area contributed by atoms with Gasteiger partial charge in [0, 0.05) is 23.7 Å². The molecule has 0 aliphatic rings. The highest BCUT2D eigenvalue weighted by molar-refractivity contribution is 5.96. The molecule has 1 heterocycles. The van der Waals surface area contributed by atoms with Gasteiger partial charge in [-0.25, -0.2) is 0 Å². The lowest BCUT2D eigenvalue weighted by Crippen LogP contribution is -2.00. The molecule has 1 unspecified atom stereocenters. The summed E-state index contributed by atoms with van der Waals surface area (Å²) in [6.45, 7) is 6.78. The first-order chi connectivity index (χ1) is 14.6. The minimum absolute atomic E-state index is 0.257. The summed E-state index contributed by atoms with van der Waals surface area (Å²) >= 11 is 0. The van der Waals surface area contributed by atoms with Gasteiger partial charge in [-0.2, -0.15) is 0 Å². The Morgan fingerprint density at radius 3 is 2.27 bits per heavy atom. The summed E-state index contributed by atoms with van der Waals surface area (Å²) in [5, 5.41) is 0. The van der Waals surface area contributed by atoms with E-state index in [1.165, 1.54) is 56.9 Å². The second-order valence-corrected chi connectivity index (χ2v) is 8.83. The Balaban J connectivity index is 1.77. The summed E-state index contributed by atoms with van der Waals surface area (Å²) in [5.74, 6) is 1.03. The Kier molecular flexibility index (Phi) is 11.4. The number of hydrogen-bond donors (Lipinski definition) is 0. The number of pyridine rings is 1. The molecule has 0 N–H and O–H groups in total. The van der Waals surface area contributed by atoms with E-state index in [9.17, 15) is 4.79 Å². The van der Waals surface area contributed by atoms with E-state index in [1.807, 2.05) is 30.5 Å². The zero-order valence-electron chi connectivity index (χ0n) is 19.5. The second-order valence-electron chi connectivity index (χ2n) is 8.83. The fraction of sp³-hybridized carbons (Fsp3) is 0.571. The molecule has 2 rings (SSSR count). The molecule has 0 radical (unpaired) electrons. The number of Topliss-reactive ketones (excluding diaryl/α,β-unsaturated/α-hetero) is 1. The van der Waals surface area contributed by atoms with Crippen molar-refractivity contribution in [2.75, 3.05) is 0 Å². The normalized spacial score (nSPS) is 12.1. The monoisotopic (exact) mass is 407 g/mol. The molecule has 164 valence electrons. The third-order valence-electron chi connectivity index (χ3n) is 6.19. The van der Waals surface area contributed by atoms with Crippen molar-refractivity contribution in [1.29, 1.82) is 0 Å². The highest BCUT2D eigenvalue weighted by Crippen LogP contribution is 2.20. The van der Waals surface area contributed by atoms with Crippen LogP contribution in [-0.4, -0.2) is 10.8 Å². The molecule has 0 aliphatic carbocycles. The molecule has 1 atom stereocenters. The number of hydrogen-bond acceptors (Lipinski definition) is 2. The van der Waals surface area contributed by atoms with Gasteiger partial charge in [0.15, 0.2) is 5.78 Å². The third-order valence-corrected chi connectivity index (χ3v) is 6.19. The van der Waals surface area contributed by atoms with Crippen molar-refractivity contribution < 1.29 is 4.79 Å². The van der Waals surface area contributed by atoms with Crippen molar-refractivity contribution in [1.82, 2.24) is 4.98 Å². The van der Waals surface area contributed by atoms with E-state index in [0.29, 0.717) is 6.42 Å². The highest BCUT2D eigenvalue weighted by atomic mass is 16.1. The van der Waals surface area contributed by atoms with Crippen LogP contribution in [-0.2, 0) is 6.42 Å². The largest absolute Gasteiger partial charge is 0.294 e. The maximum absolute atomic E-state index is 12.4. The Morgan fingerprint density at radius 1 is 0.867 bits per heavy atom. The molecule has 0 bridgehead atoms. The zero-order chi connectivity index (χ0) is 21.6. The van der Waals surface area contributed by atoms with Crippen LogP contribution in [0.1, 0.15) is 107 Å². The van der Waals surface area contributed by atoms with E-state index < -0.39 is 0 Å².